The van der Waals surface area contributed by atoms with Crippen LogP contribution in [0.15, 0.2) is 36.0 Å². The molecule has 3 radical (unpaired) electrons. The van der Waals surface area contributed by atoms with Gasteiger partial charge in [0.1, 0.15) is 0 Å². The van der Waals surface area contributed by atoms with E-state index in [4.69, 9.17) is 0 Å². The van der Waals surface area contributed by atoms with Crippen LogP contribution in [0.3, 0.4) is 0 Å². The third-order valence-corrected chi connectivity index (χ3v) is 1.24. The maximum Gasteiger partial charge on any atom is 0.0601 e. The smallest absolute Gasteiger partial charge is 0.0601 e. The van der Waals surface area contributed by atoms with E-state index < -0.39 is 0 Å². The maximum absolute atomic E-state index is 3.25. The van der Waals surface area contributed by atoms with E-state index in [0.717, 1.165) is 0 Å². The van der Waals surface area contributed by atoms with Gasteiger partial charge in [-0.3, -0.25) is 0 Å². The van der Waals surface area contributed by atoms with Crippen molar-refractivity contribution in [1.29, 1.82) is 0 Å². The average molecular weight is 131 g/mol. The van der Waals surface area contributed by atoms with Gasteiger partial charge in [0.2, 0.25) is 0 Å². The van der Waals surface area contributed by atoms with E-state index >= 15 is 0 Å². The highest BCUT2D eigenvalue weighted by molar-refractivity contribution is 6.19. The van der Waals surface area contributed by atoms with Crippen molar-refractivity contribution in [2.75, 3.05) is 0 Å². The number of hydrogen-bond acceptors (Lipinski definition) is 0. The van der Waals surface area contributed by atoms with Crippen molar-refractivity contribution in [1.82, 2.24) is 0 Å². The van der Waals surface area contributed by atoms with Crippen LogP contribution in [0.5, 0.6) is 0 Å². The highest BCUT2D eigenvalue weighted by Crippen LogP contribution is 1.98. The van der Waals surface area contributed by atoms with Crippen LogP contribution in [-0.2, 0) is 0 Å². The summed E-state index contributed by atoms with van der Waals surface area (Å²) in [6.45, 7) is 0. The van der Waals surface area contributed by atoms with Crippen molar-refractivity contribution in [3.8, 4) is 0 Å². The Morgan fingerprint density at radius 3 is 2.33 bits per heavy atom. The fourth-order valence-corrected chi connectivity index (χ4v) is 0.853. The lowest BCUT2D eigenvalue weighted by Crippen LogP contribution is -1.66. The molecule has 0 aliphatic carbocycles. The first-order valence-corrected chi connectivity index (χ1v) is 3.40. The zero-order valence-corrected chi connectivity index (χ0v) is 6.04. The normalized spacial score (nSPS) is 10.3. The van der Waals surface area contributed by atoms with Gasteiger partial charge in [0.15, 0.2) is 0 Å². The molecule has 0 saturated heterocycles. The van der Waals surface area contributed by atoms with Crippen molar-refractivity contribution < 1.29 is 0 Å². The average Bonchev–Trinajstić information content (AvgIpc) is 1.91. The number of benzene rings is 1. The van der Waals surface area contributed by atoms with Crippen LogP contribution in [-0.4, -0.2) is 10.2 Å². The summed E-state index contributed by atoms with van der Waals surface area (Å²) < 4.78 is 0. The number of hydrogen-bond donors (Lipinski definition) is 0. The molecule has 0 fully saturated rings. The third-order valence-electron chi connectivity index (χ3n) is 1.08. The zero-order valence-electron chi connectivity index (χ0n) is 5.04. The summed E-state index contributed by atoms with van der Waals surface area (Å²) in [6.07, 6.45) is 2.00. The van der Waals surface area contributed by atoms with Crippen molar-refractivity contribution in [2.45, 2.75) is 0 Å². The monoisotopic (exact) mass is 131 g/mol. The molecular weight excluding hydrogens is 124 g/mol. The Kier molecular flexibility index (Phi) is 2.28. The van der Waals surface area contributed by atoms with Gasteiger partial charge in [0.05, 0.1) is 10.2 Å². The van der Waals surface area contributed by atoms with Gasteiger partial charge in [-0.1, -0.05) is 36.4 Å². The Balaban J connectivity index is 2.85. The van der Waals surface area contributed by atoms with E-state index in [9.17, 15) is 0 Å². The Bertz CT molecular complexity index is 189. The van der Waals surface area contributed by atoms with E-state index in [-0.39, 0.29) is 0 Å². The molecule has 1 rings (SSSR count). The minimum Gasteiger partial charge on any atom is -0.101 e. The molecule has 43 valence electrons. The van der Waals surface area contributed by atoms with Gasteiger partial charge in [0, 0.05) is 0 Å². The molecule has 0 atom stereocenters. The first kappa shape index (κ1) is 6.30. The molecular formula is C8H7Si. The van der Waals surface area contributed by atoms with E-state index in [0.29, 0.717) is 0 Å². The van der Waals surface area contributed by atoms with Crippen LogP contribution < -0.4 is 0 Å². The molecule has 0 aliphatic heterocycles. The predicted molar refractivity (Wildman–Crippen MR) is 41.2 cm³/mol. The van der Waals surface area contributed by atoms with Crippen molar-refractivity contribution in [2.24, 2.45) is 0 Å². The quantitative estimate of drug-likeness (QED) is 0.510. The van der Waals surface area contributed by atoms with E-state index in [1.807, 2.05) is 30.0 Å². The first-order chi connectivity index (χ1) is 4.43. The molecule has 0 bridgehead atoms. The lowest BCUT2D eigenvalue weighted by atomic mass is 10.2. The molecule has 1 heteroatoms. The summed E-state index contributed by atoms with van der Waals surface area (Å²) >= 11 is 0. The summed E-state index contributed by atoms with van der Waals surface area (Å²) in [5.74, 6) is 0. The molecule has 0 aliphatic rings. The molecule has 0 spiro atoms. The highest BCUT2D eigenvalue weighted by Gasteiger charge is 1.77. The van der Waals surface area contributed by atoms with Gasteiger partial charge in [-0.2, -0.15) is 0 Å². The second-order valence-corrected chi connectivity index (χ2v) is 2.08. The second kappa shape index (κ2) is 3.25. The minimum atomic E-state index is 1.22. The van der Waals surface area contributed by atoms with Crippen molar-refractivity contribution in [3.05, 3.63) is 41.6 Å². The lowest BCUT2D eigenvalue weighted by molar-refractivity contribution is 1.66. The molecule has 0 heterocycles. The molecule has 9 heavy (non-hydrogen) atoms. The Labute approximate surface area is 58.6 Å². The second-order valence-electron chi connectivity index (χ2n) is 1.74. The Morgan fingerprint density at radius 1 is 1.11 bits per heavy atom. The van der Waals surface area contributed by atoms with E-state index in [1.165, 1.54) is 5.56 Å². The largest absolute Gasteiger partial charge is 0.101 e. The van der Waals surface area contributed by atoms with Gasteiger partial charge >= 0.3 is 0 Å². The van der Waals surface area contributed by atoms with Crippen LogP contribution >= 0.6 is 0 Å². The zero-order chi connectivity index (χ0) is 6.53. The maximum atomic E-state index is 3.25. The summed E-state index contributed by atoms with van der Waals surface area (Å²) in [4.78, 5) is 0. The summed E-state index contributed by atoms with van der Waals surface area (Å²) in [5.41, 5.74) is 3.06. The molecule has 0 N–H and O–H groups in total. The summed E-state index contributed by atoms with van der Waals surface area (Å²) in [5, 5.41) is 0. The lowest BCUT2D eigenvalue weighted by Gasteiger charge is -1.86. The standard InChI is InChI=1S/C8H7Si/c9-7-6-8-4-2-1-3-5-8/h1-7H/b7-6+. The van der Waals surface area contributed by atoms with Crippen molar-refractivity contribution in [3.63, 3.8) is 0 Å². The molecule has 0 unspecified atom stereocenters. The van der Waals surface area contributed by atoms with Crippen LogP contribution in [0.4, 0.5) is 0 Å². The molecule has 0 amide bonds. The van der Waals surface area contributed by atoms with E-state index in [2.05, 4.69) is 22.4 Å². The fourth-order valence-electron chi connectivity index (χ4n) is 0.660. The molecule has 1 aromatic carbocycles. The Morgan fingerprint density at radius 2 is 1.78 bits per heavy atom. The SMILES string of the molecule is [Si]/C=C/c1ccccc1. The van der Waals surface area contributed by atoms with Gasteiger partial charge in [0.25, 0.3) is 0 Å². The van der Waals surface area contributed by atoms with E-state index in [1.54, 1.807) is 0 Å². The third kappa shape index (κ3) is 1.86. The van der Waals surface area contributed by atoms with Crippen LogP contribution in [0.25, 0.3) is 6.08 Å². The van der Waals surface area contributed by atoms with Crippen LogP contribution in [0.2, 0.25) is 0 Å². The first-order valence-electron chi connectivity index (χ1n) is 2.82. The van der Waals surface area contributed by atoms with Crippen LogP contribution in [0.1, 0.15) is 5.56 Å². The highest BCUT2D eigenvalue weighted by atomic mass is 28.1. The predicted octanol–water partition coefficient (Wildman–Crippen LogP) is 1.83. The Hall–Kier alpha value is -0.823. The van der Waals surface area contributed by atoms with Crippen LogP contribution in [0, 0.1) is 0 Å². The van der Waals surface area contributed by atoms with Gasteiger partial charge in [-0.05, 0) is 5.56 Å². The number of rotatable bonds is 1. The molecule has 0 saturated carbocycles. The molecule has 0 aromatic heterocycles. The topological polar surface area (TPSA) is 0 Å². The van der Waals surface area contributed by atoms with Gasteiger partial charge in [-0.15, -0.1) is 5.70 Å². The molecule has 1 aromatic rings. The summed E-state index contributed by atoms with van der Waals surface area (Å²) in [6, 6.07) is 10.1. The van der Waals surface area contributed by atoms with Gasteiger partial charge in [-0.25, -0.2) is 0 Å². The fraction of sp³-hybridized carbons (Fsp3) is 0. The van der Waals surface area contributed by atoms with Gasteiger partial charge < -0.3 is 0 Å². The summed E-state index contributed by atoms with van der Waals surface area (Å²) in [7, 11) is 3.25. The molecule has 0 nitrogen and oxygen atoms in total. The van der Waals surface area contributed by atoms with Crippen molar-refractivity contribution >= 4 is 16.3 Å². The minimum absolute atomic E-state index is 1.22.